The zero-order valence-electron chi connectivity index (χ0n) is 21.1. The van der Waals surface area contributed by atoms with E-state index < -0.39 is 0 Å². The van der Waals surface area contributed by atoms with Crippen molar-refractivity contribution in [1.82, 2.24) is 15.1 Å². The van der Waals surface area contributed by atoms with Crippen molar-refractivity contribution >= 4 is 17.6 Å². The van der Waals surface area contributed by atoms with E-state index in [-0.39, 0.29) is 6.03 Å². The van der Waals surface area contributed by atoms with Crippen LogP contribution in [0.3, 0.4) is 0 Å². The molecule has 3 aromatic carbocycles. The first-order valence-electron chi connectivity index (χ1n) is 12.4. The van der Waals surface area contributed by atoms with Crippen molar-refractivity contribution in [2.24, 2.45) is 4.99 Å². The van der Waals surface area contributed by atoms with Crippen molar-refractivity contribution in [1.29, 1.82) is 0 Å². The monoisotopic (exact) mass is 484 g/mol. The molecule has 0 radical (unpaired) electrons. The van der Waals surface area contributed by atoms with Crippen molar-refractivity contribution in [2.45, 2.75) is 26.8 Å². The number of benzene rings is 3. The average Bonchev–Trinajstić information content (AvgIpc) is 3.21. The van der Waals surface area contributed by atoms with Crippen molar-refractivity contribution in [3.8, 4) is 17.2 Å². The first-order chi connectivity index (χ1) is 17.5. The van der Waals surface area contributed by atoms with E-state index >= 15 is 0 Å². The highest BCUT2D eigenvalue weighted by Gasteiger charge is 2.26. The maximum atomic E-state index is 13.0. The Kier molecular flexibility index (Phi) is 6.80. The Hall–Kier alpha value is -4.00. The van der Waals surface area contributed by atoms with Crippen LogP contribution in [0.25, 0.3) is 0 Å². The van der Waals surface area contributed by atoms with Gasteiger partial charge in [-0.15, -0.1) is 0 Å². The molecule has 186 valence electrons. The molecule has 5 rings (SSSR count). The lowest BCUT2D eigenvalue weighted by Gasteiger charge is -2.25. The number of aryl methyl sites for hydroxylation is 2. The van der Waals surface area contributed by atoms with Crippen LogP contribution in [0.15, 0.2) is 65.7 Å². The van der Waals surface area contributed by atoms with Gasteiger partial charge in [-0.3, -0.25) is 0 Å². The van der Waals surface area contributed by atoms with E-state index in [1.165, 1.54) is 5.56 Å². The predicted octanol–water partition coefficient (Wildman–Crippen LogP) is 5.41. The number of amidine groups is 1. The van der Waals surface area contributed by atoms with Crippen LogP contribution < -0.4 is 14.8 Å². The van der Waals surface area contributed by atoms with E-state index in [0.29, 0.717) is 26.2 Å². The Balaban J connectivity index is 1.36. The Morgan fingerprint density at radius 1 is 0.972 bits per heavy atom. The van der Waals surface area contributed by atoms with E-state index in [4.69, 9.17) is 14.5 Å². The summed E-state index contributed by atoms with van der Waals surface area (Å²) in [5.41, 5.74) is 5.09. The molecule has 2 aliphatic heterocycles. The third-order valence-corrected chi connectivity index (χ3v) is 6.60. The standard InChI is InChI=1S/C29H32N4O3/c1-20-6-4-7-22(16-20)19-30-29(34)33-13-5-12-32(14-15-33)28-24-18-23(35-3)9-11-26(24)36-27-17-21(2)8-10-25(27)31-28/h4,6-11,16-18H,5,12-15,19H2,1-3H3,(H,30,34). The molecule has 7 nitrogen and oxygen atoms in total. The molecule has 0 unspecified atom stereocenters. The fourth-order valence-corrected chi connectivity index (χ4v) is 4.67. The molecule has 2 heterocycles. The van der Waals surface area contributed by atoms with Crippen LogP contribution in [0.4, 0.5) is 10.5 Å². The molecule has 7 heteroatoms. The third-order valence-electron chi connectivity index (χ3n) is 6.60. The highest BCUT2D eigenvalue weighted by molar-refractivity contribution is 6.04. The minimum absolute atomic E-state index is 0.0348. The quantitative estimate of drug-likeness (QED) is 0.540. The molecule has 0 bridgehead atoms. The van der Waals surface area contributed by atoms with E-state index in [9.17, 15) is 4.79 Å². The van der Waals surface area contributed by atoms with Gasteiger partial charge in [0.25, 0.3) is 0 Å². The number of hydrogen-bond acceptors (Lipinski definition) is 5. The van der Waals surface area contributed by atoms with Gasteiger partial charge in [0.05, 0.1) is 12.7 Å². The summed E-state index contributed by atoms with van der Waals surface area (Å²) in [6.45, 7) is 7.39. The molecule has 0 aliphatic carbocycles. The molecule has 36 heavy (non-hydrogen) atoms. The SMILES string of the molecule is COc1ccc2c(c1)C(N1CCCN(C(=O)NCc3cccc(C)c3)CC1)=Nc1ccc(C)cc1O2. The summed E-state index contributed by atoms with van der Waals surface area (Å²) in [6.07, 6.45) is 0.845. The normalized spacial score (nSPS) is 15.0. The van der Waals surface area contributed by atoms with Crippen LogP contribution in [0.2, 0.25) is 0 Å². The Morgan fingerprint density at radius 2 is 1.83 bits per heavy atom. The fourth-order valence-electron chi connectivity index (χ4n) is 4.67. The number of carbonyl (C=O) groups is 1. The van der Waals surface area contributed by atoms with Crippen LogP contribution in [0, 0.1) is 13.8 Å². The van der Waals surface area contributed by atoms with Crippen molar-refractivity contribution < 1.29 is 14.3 Å². The van der Waals surface area contributed by atoms with E-state index in [0.717, 1.165) is 58.4 Å². The van der Waals surface area contributed by atoms with Gasteiger partial charge in [-0.2, -0.15) is 0 Å². The molecule has 1 saturated heterocycles. The second kappa shape index (κ2) is 10.3. The van der Waals surface area contributed by atoms with Gasteiger partial charge in [0.1, 0.15) is 23.0 Å². The van der Waals surface area contributed by atoms with Crippen molar-refractivity contribution in [2.75, 3.05) is 33.3 Å². The number of hydrogen-bond donors (Lipinski definition) is 1. The molecule has 3 aromatic rings. The average molecular weight is 485 g/mol. The molecule has 0 atom stereocenters. The van der Waals surface area contributed by atoms with Crippen LogP contribution in [0.5, 0.6) is 17.2 Å². The number of fused-ring (bicyclic) bond motifs is 2. The number of carbonyl (C=O) groups excluding carboxylic acids is 1. The summed E-state index contributed by atoms with van der Waals surface area (Å²) in [7, 11) is 1.66. The summed E-state index contributed by atoms with van der Waals surface area (Å²) >= 11 is 0. The first kappa shape index (κ1) is 23.7. The molecule has 1 fully saturated rings. The lowest BCUT2D eigenvalue weighted by molar-refractivity contribution is 0.200. The zero-order valence-corrected chi connectivity index (χ0v) is 21.1. The van der Waals surface area contributed by atoms with Gasteiger partial charge in [-0.05, 0) is 61.7 Å². The van der Waals surface area contributed by atoms with Crippen LogP contribution >= 0.6 is 0 Å². The number of rotatable bonds is 3. The van der Waals surface area contributed by atoms with Crippen LogP contribution in [-0.4, -0.2) is 55.0 Å². The summed E-state index contributed by atoms with van der Waals surface area (Å²) < 4.78 is 11.8. The van der Waals surface area contributed by atoms with Crippen molar-refractivity contribution in [3.05, 3.63) is 82.9 Å². The molecular formula is C29H32N4O3. The number of amides is 2. The number of aliphatic imine (C=N–C) groups is 1. The van der Waals surface area contributed by atoms with Gasteiger partial charge in [0, 0.05) is 32.7 Å². The maximum absolute atomic E-state index is 13.0. The number of methoxy groups -OCH3 is 1. The summed E-state index contributed by atoms with van der Waals surface area (Å²) in [5, 5.41) is 3.08. The predicted molar refractivity (Wildman–Crippen MR) is 142 cm³/mol. The number of nitrogens with zero attached hydrogens (tertiary/aromatic N) is 3. The minimum atomic E-state index is -0.0348. The lowest BCUT2D eigenvalue weighted by Crippen LogP contribution is -2.42. The number of nitrogens with one attached hydrogen (secondary N) is 1. The molecule has 0 aromatic heterocycles. The molecule has 1 N–H and O–H groups in total. The zero-order chi connectivity index (χ0) is 25.1. The van der Waals surface area contributed by atoms with Gasteiger partial charge in [0.15, 0.2) is 5.75 Å². The number of ether oxygens (including phenoxy) is 2. The van der Waals surface area contributed by atoms with E-state index in [2.05, 4.69) is 29.3 Å². The number of urea groups is 1. The molecule has 0 spiro atoms. The maximum Gasteiger partial charge on any atom is 0.317 e. The van der Waals surface area contributed by atoms with Gasteiger partial charge >= 0.3 is 6.03 Å². The molecule has 0 saturated carbocycles. The molecule has 2 aliphatic rings. The van der Waals surface area contributed by atoms with Crippen molar-refractivity contribution in [3.63, 3.8) is 0 Å². The van der Waals surface area contributed by atoms with Crippen LogP contribution in [-0.2, 0) is 6.54 Å². The topological polar surface area (TPSA) is 66.4 Å². The summed E-state index contributed by atoms with van der Waals surface area (Å²) in [4.78, 5) is 22.2. The van der Waals surface area contributed by atoms with Gasteiger partial charge in [0.2, 0.25) is 0 Å². The second-order valence-corrected chi connectivity index (χ2v) is 9.35. The second-order valence-electron chi connectivity index (χ2n) is 9.35. The van der Waals surface area contributed by atoms with Gasteiger partial charge in [-0.25, -0.2) is 9.79 Å². The third kappa shape index (κ3) is 5.15. The fraction of sp³-hybridized carbons (Fsp3) is 0.310. The van der Waals surface area contributed by atoms with E-state index in [1.54, 1.807) is 7.11 Å². The molecular weight excluding hydrogens is 452 g/mol. The van der Waals surface area contributed by atoms with Gasteiger partial charge in [-0.1, -0.05) is 35.9 Å². The highest BCUT2D eigenvalue weighted by Crippen LogP contribution is 2.40. The smallest absolute Gasteiger partial charge is 0.317 e. The minimum Gasteiger partial charge on any atom is -0.497 e. The summed E-state index contributed by atoms with van der Waals surface area (Å²) in [5.74, 6) is 3.08. The summed E-state index contributed by atoms with van der Waals surface area (Å²) in [6, 6.07) is 20.0. The Labute approximate surface area is 212 Å². The van der Waals surface area contributed by atoms with Gasteiger partial charge < -0.3 is 24.6 Å². The first-order valence-corrected chi connectivity index (χ1v) is 12.4. The lowest BCUT2D eigenvalue weighted by atomic mass is 10.1. The van der Waals surface area contributed by atoms with Crippen LogP contribution in [0.1, 0.15) is 28.7 Å². The Bertz CT molecular complexity index is 1300. The van der Waals surface area contributed by atoms with E-state index in [1.807, 2.05) is 60.4 Å². The Morgan fingerprint density at radius 3 is 2.67 bits per heavy atom. The highest BCUT2D eigenvalue weighted by atomic mass is 16.5. The largest absolute Gasteiger partial charge is 0.497 e. The molecule has 2 amide bonds.